The van der Waals surface area contributed by atoms with E-state index in [1.807, 2.05) is 15.4 Å². The first kappa shape index (κ1) is 15.1. The second-order valence-electron chi connectivity index (χ2n) is 6.56. The molecule has 126 valence electrons. The van der Waals surface area contributed by atoms with Gasteiger partial charge in [-0.05, 0) is 31.7 Å². The number of fused-ring (bicyclic) bond motifs is 1. The lowest BCUT2D eigenvalue weighted by atomic mass is 10.2. The Labute approximate surface area is 141 Å². The molecule has 7 nitrogen and oxygen atoms in total. The van der Waals surface area contributed by atoms with Gasteiger partial charge >= 0.3 is 0 Å². The molecule has 0 saturated carbocycles. The normalized spacial score (nSPS) is 17.9. The zero-order valence-corrected chi connectivity index (χ0v) is 14.3. The van der Waals surface area contributed by atoms with Gasteiger partial charge in [0.15, 0.2) is 0 Å². The largest absolute Gasteiger partial charge is 0.352 e. The van der Waals surface area contributed by atoms with Crippen LogP contribution in [-0.4, -0.2) is 41.9 Å². The van der Waals surface area contributed by atoms with Gasteiger partial charge in [-0.3, -0.25) is 4.68 Å². The first-order valence-electron chi connectivity index (χ1n) is 8.70. The molecule has 0 amide bonds. The molecule has 0 N–H and O–H groups in total. The second kappa shape index (κ2) is 6.22. The Morgan fingerprint density at radius 1 is 1.29 bits per heavy atom. The van der Waals surface area contributed by atoms with Crippen molar-refractivity contribution in [1.29, 1.82) is 0 Å². The van der Waals surface area contributed by atoms with Gasteiger partial charge in [0.05, 0.1) is 18.8 Å². The van der Waals surface area contributed by atoms with E-state index in [4.69, 9.17) is 0 Å². The number of hydrogen-bond acceptors (Lipinski definition) is 5. The maximum Gasteiger partial charge on any atom is 0.254 e. The molecule has 4 rings (SSSR count). The summed E-state index contributed by atoms with van der Waals surface area (Å²) in [6.07, 6.45) is 10.0. The van der Waals surface area contributed by atoms with Crippen molar-refractivity contribution in [3.05, 3.63) is 36.0 Å². The second-order valence-corrected chi connectivity index (χ2v) is 6.56. The van der Waals surface area contributed by atoms with E-state index in [1.165, 1.54) is 18.4 Å². The molecule has 3 aromatic heterocycles. The average Bonchev–Trinajstić information content (AvgIpc) is 3.28. The van der Waals surface area contributed by atoms with Gasteiger partial charge in [-0.1, -0.05) is 13.3 Å². The zero-order chi connectivity index (χ0) is 16.5. The lowest BCUT2D eigenvalue weighted by Crippen LogP contribution is -2.34. The van der Waals surface area contributed by atoms with Crippen molar-refractivity contribution in [3.63, 3.8) is 0 Å². The summed E-state index contributed by atoms with van der Waals surface area (Å²) in [5, 5.41) is 8.84. The van der Waals surface area contributed by atoms with Crippen molar-refractivity contribution in [3.8, 4) is 0 Å². The van der Waals surface area contributed by atoms with Crippen LogP contribution in [0.15, 0.2) is 24.8 Å². The van der Waals surface area contributed by atoms with Crippen LogP contribution in [0.4, 0.5) is 5.82 Å². The molecule has 1 saturated heterocycles. The van der Waals surface area contributed by atoms with E-state index in [0.29, 0.717) is 11.8 Å². The van der Waals surface area contributed by atoms with Crippen molar-refractivity contribution in [2.75, 3.05) is 11.4 Å². The Kier molecular flexibility index (Phi) is 3.92. The Hall–Kier alpha value is -2.44. The first-order valence-corrected chi connectivity index (χ1v) is 8.70. The van der Waals surface area contributed by atoms with Crippen molar-refractivity contribution in [2.24, 2.45) is 0 Å². The van der Waals surface area contributed by atoms with Crippen LogP contribution < -0.4 is 4.90 Å². The van der Waals surface area contributed by atoms with Gasteiger partial charge in [0.25, 0.3) is 5.78 Å². The van der Waals surface area contributed by atoms with Crippen molar-refractivity contribution >= 4 is 11.6 Å². The molecule has 24 heavy (non-hydrogen) atoms. The molecule has 1 aliphatic heterocycles. The molecule has 3 aromatic rings. The minimum absolute atomic E-state index is 0.425. The molecule has 0 spiro atoms. The Balaban J connectivity index is 1.68. The quantitative estimate of drug-likeness (QED) is 0.720. The van der Waals surface area contributed by atoms with Crippen LogP contribution in [0.1, 0.15) is 37.4 Å². The summed E-state index contributed by atoms with van der Waals surface area (Å²) >= 11 is 0. The summed E-state index contributed by atoms with van der Waals surface area (Å²) < 4.78 is 3.91. The summed E-state index contributed by atoms with van der Waals surface area (Å²) in [5.41, 5.74) is 2.29. The molecule has 1 aliphatic rings. The van der Waals surface area contributed by atoms with Crippen LogP contribution in [0.3, 0.4) is 0 Å². The molecular weight excluding hydrogens is 302 g/mol. The molecular formula is C17H23N7. The minimum Gasteiger partial charge on any atom is -0.352 e. The fourth-order valence-corrected chi connectivity index (χ4v) is 3.54. The Morgan fingerprint density at radius 2 is 2.21 bits per heavy atom. The van der Waals surface area contributed by atoms with E-state index in [1.54, 1.807) is 6.33 Å². The van der Waals surface area contributed by atoms with Gasteiger partial charge in [0.1, 0.15) is 12.1 Å². The number of aromatic nitrogens is 6. The van der Waals surface area contributed by atoms with Crippen LogP contribution >= 0.6 is 0 Å². The predicted octanol–water partition coefficient (Wildman–Crippen LogP) is 2.25. The number of hydrogen-bond donors (Lipinski definition) is 0. The SMILES string of the molecule is CCCc1cc(N2CCC[C@H]2Cn2cc(C)cn2)n2ncnc2n1. The molecule has 0 aromatic carbocycles. The molecule has 7 heteroatoms. The fourth-order valence-electron chi connectivity index (χ4n) is 3.54. The first-order chi connectivity index (χ1) is 11.7. The summed E-state index contributed by atoms with van der Waals surface area (Å²) in [7, 11) is 0. The van der Waals surface area contributed by atoms with Gasteiger partial charge in [-0.15, -0.1) is 0 Å². The fraction of sp³-hybridized carbons (Fsp3) is 0.529. The highest BCUT2D eigenvalue weighted by molar-refractivity contribution is 5.49. The van der Waals surface area contributed by atoms with Gasteiger partial charge < -0.3 is 4.90 Å². The van der Waals surface area contributed by atoms with E-state index < -0.39 is 0 Å². The summed E-state index contributed by atoms with van der Waals surface area (Å²) in [5.74, 6) is 1.80. The third-order valence-corrected chi connectivity index (χ3v) is 4.62. The zero-order valence-electron chi connectivity index (χ0n) is 14.3. The molecule has 1 fully saturated rings. The monoisotopic (exact) mass is 325 g/mol. The maximum atomic E-state index is 4.61. The molecule has 1 atom stereocenters. The van der Waals surface area contributed by atoms with Crippen molar-refractivity contribution in [1.82, 2.24) is 29.4 Å². The Bertz CT molecular complexity index is 834. The molecule has 0 aliphatic carbocycles. The van der Waals surface area contributed by atoms with E-state index in [2.05, 4.69) is 51.2 Å². The van der Waals surface area contributed by atoms with Crippen LogP contribution in [0.2, 0.25) is 0 Å². The standard InChI is InChI=1S/C17H23N7/c1-3-5-14-8-16(24-17(21-14)18-12-20-24)23-7-4-6-15(23)11-22-10-13(2)9-19-22/h8-10,12,15H,3-7,11H2,1-2H3/t15-/m0/s1. The highest BCUT2D eigenvalue weighted by atomic mass is 15.4. The van der Waals surface area contributed by atoms with Gasteiger partial charge in [-0.2, -0.15) is 19.7 Å². The van der Waals surface area contributed by atoms with Crippen molar-refractivity contribution in [2.45, 2.75) is 52.1 Å². The topological polar surface area (TPSA) is 64.1 Å². The predicted molar refractivity (Wildman–Crippen MR) is 92.1 cm³/mol. The lowest BCUT2D eigenvalue weighted by molar-refractivity contribution is 0.505. The van der Waals surface area contributed by atoms with Crippen LogP contribution in [-0.2, 0) is 13.0 Å². The van der Waals surface area contributed by atoms with Gasteiger partial charge in [0.2, 0.25) is 0 Å². The van der Waals surface area contributed by atoms with E-state index in [0.717, 1.165) is 37.4 Å². The number of rotatable bonds is 5. The summed E-state index contributed by atoms with van der Waals surface area (Å²) in [6.45, 7) is 6.19. The third kappa shape index (κ3) is 2.74. The summed E-state index contributed by atoms with van der Waals surface area (Å²) in [6, 6.07) is 2.60. The third-order valence-electron chi connectivity index (χ3n) is 4.62. The highest BCUT2D eigenvalue weighted by Crippen LogP contribution is 2.27. The van der Waals surface area contributed by atoms with Crippen LogP contribution in [0.5, 0.6) is 0 Å². The van der Waals surface area contributed by atoms with Gasteiger partial charge in [-0.25, -0.2) is 4.98 Å². The summed E-state index contributed by atoms with van der Waals surface area (Å²) in [4.78, 5) is 11.4. The van der Waals surface area contributed by atoms with E-state index >= 15 is 0 Å². The minimum atomic E-state index is 0.425. The lowest BCUT2D eigenvalue weighted by Gasteiger charge is -2.27. The number of nitrogens with zero attached hydrogens (tertiary/aromatic N) is 7. The molecule has 4 heterocycles. The molecule has 0 bridgehead atoms. The van der Waals surface area contributed by atoms with Crippen LogP contribution in [0, 0.1) is 6.92 Å². The average molecular weight is 325 g/mol. The highest BCUT2D eigenvalue weighted by Gasteiger charge is 2.28. The smallest absolute Gasteiger partial charge is 0.254 e. The maximum absolute atomic E-state index is 4.61. The van der Waals surface area contributed by atoms with E-state index in [9.17, 15) is 0 Å². The van der Waals surface area contributed by atoms with Crippen LogP contribution in [0.25, 0.3) is 5.78 Å². The molecule has 0 radical (unpaired) electrons. The van der Waals surface area contributed by atoms with E-state index in [-0.39, 0.29) is 0 Å². The van der Waals surface area contributed by atoms with Crippen molar-refractivity contribution < 1.29 is 0 Å². The Morgan fingerprint density at radius 3 is 3.00 bits per heavy atom. The molecule has 0 unspecified atom stereocenters. The van der Waals surface area contributed by atoms with Gasteiger partial charge in [0, 0.05) is 24.5 Å². The number of anilines is 1. The number of aryl methyl sites for hydroxylation is 2.